The number of phenolic OH excluding ortho intramolecular Hbond substituents is 1. The van der Waals surface area contributed by atoms with E-state index in [0.29, 0.717) is 0 Å². The highest BCUT2D eigenvalue weighted by atomic mass is 32.2. The van der Waals surface area contributed by atoms with Gasteiger partial charge >= 0.3 is 12.3 Å². The number of carboxylic acid groups (broad SMARTS) is 1. The Morgan fingerprint density at radius 2 is 1.70 bits per heavy atom. The molecule has 0 radical (unpaired) electrons. The highest BCUT2D eigenvalue weighted by molar-refractivity contribution is 7.89. The van der Waals surface area contributed by atoms with Crippen molar-refractivity contribution >= 4 is 16.0 Å². The fourth-order valence-electron chi connectivity index (χ4n) is 2.16. The van der Waals surface area contributed by atoms with Crippen molar-refractivity contribution in [2.24, 2.45) is 0 Å². The fraction of sp³-hybridized carbons (Fsp3) is 0.188. The number of carbonyl (C=O) groups is 1. The number of carboxylic acids is 1. The summed E-state index contributed by atoms with van der Waals surface area (Å²) < 4.78 is 66.6. The Kier molecular flexibility index (Phi) is 5.96. The van der Waals surface area contributed by atoms with Gasteiger partial charge < -0.3 is 14.9 Å². The first-order valence-corrected chi connectivity index (χ1v) is 8.84. The van der Waals surface area contributed by atoms with Crippen molar-refractivity contribution in [2.75, 3.05) is 0 Å². The van der Waals surface area contributed by atoms with E-state index in [9.17, 15) is 36.6 Å². The Morgan fingerprint density at radius 3 is 2.22 bits per heavy atom. The predicted octanol–water partition coefficient (Wildman–Crippen LogP) is 2.27. The fourth-order valence-corrected chi connectivity index (χ4v) is 3.35. The Labute approximate surface area is 152 Å². The molecule has 0 spiro atoms. The van der Waals surface area contributed by atoms with Gasteiger partial charge in [0.2, 0.25) is 10.0 Å². The van der Waals surface area contributed by atoms with Crippen molar-refractivity contribution < 1.29 is 41.3 Å². The molecule has 1 atom stereocenters. The zero-order valence-corrected chi connectivity index (χ0v) is 14.3. The number of benzene rings is 2. The van der Waals surface area contributed by atoms with E-state index >= 15 is 0 Å². The molecule has 0 amide bonds. The number of aliphatic carboxylic acids is 1. The molecule has 0 aliphatic carbocycles. The van der Waals surface area contributed by atoms with Crippen LogP contribution in [0.15, 0.2) is 53.4 Å². The molecule has 27 heavy (non-hydrogen) atoms. The van der Waals surface area contributed by atoms with E-state index in [0.717, 1.165) is 24.3 Å². The van der Waals surface area contributed by atoms with E-state index in [1.165, 1.54) is 18.2 Å². The van der Waals surface area contributed by atoms with Crippen LogP contribution >= 0.6 is 0 Å². The van der Waals surface area contributed by atoms with Crippen LogP contribution in [-0.4, -0.2) is 37.0 Å². The van der Waals surface area contributed by atoms with Crippen molar-refractivity contribution in [3.05, 3.63) is 54.1 Å². The Balaban J connectivity index is 2.19. The quantitative estimate of drug-likeness (QED) is 0.651. The topological polar surface area (TPSA) is 113 Å². The zero-order valence-electron chi connectivity index (χ0n) is 13.5. The van der Waals surface area contributed by atoms with Crippen LogP contribution in [0, 0.1) is 0 Å². The molecule has 146 valence electrons. The number of halogens is 3. The van der Waals surface area contributed by atoms with Crippen molar-refractivity contribution in [3.63, 3.8) is 0 Å². The average Bonchev–Trinajstić information content (AvgIpc) is 2.55. The SMILES string of the molecule is O=C(O)[C@H](Cc1ccccc1O)NS(=O)(=O)c1ccc(OC(F)(F)F)cc1. The summed E-state index contributed by atoms with van der Waals surface area (Å²) in [6.45, 7) is 0. The first-order valence-electron chi connectivity index (χ1n) is 7.36. The van der Waals surface area contributed by atoms with Gasteiger partial charge in [0.05, 0.1) is 4.90 Å². The smallest absolute Gasteiger partial charge is 0.508 e. The lowest BCUT2D eigenvalue weighted by Gasteiger charge is -2.16. The molecule has 0 saturated heterocycles. The highest BCUT2D eigenvalue weighted by Crippen LogP contribution is 2.24. The van der Waals surface area contributed by atoms with Crippen LogP contribution in [0.5, 0.6) is 11.5 Å². The van der Waals surface area contributed by atoms with Crippen LogP contribution in [-0.2, 0) is 21.2 Å². The van der Waals surface area contributed by atoms with Gasteiger partial charge in [0, 0.05) is 6.42 Å². The Bertz CT molecular complexity index is 912. The minimum Gasteiger partial charge on any atom is -0.508 e. The van der Waals surface area contributed by atoms with Crippen LogP contribution in [0.3, 0.4) is 0 Å². The van der Waals surface area contributed by atoms with Crippen molar-refractivity contribution in [1.82, 2.24) is 4.72 Å². The minimum atomic E-state index is -4.93. The summed E-state index contributed by atoms with van der Waals surface area (Å²) in [6.07, 6.45) is -5.26. The molecular formula is C16H14F3NO6S. The minimum absolute atomic E-state index is 0.198. The molecule has 3 N–H and O–H groups in total. The zero-order chi connectivity index (χ0) is 20.2. The predicted molar refractivity (Wildman–Crippen MR) is 86.7 cm³/mol. The standard InChI is InChI=1S/C16H14F3NO6S/c17-16(18,19)26-11-5-7-12(8-6-11)27(24,25)20-13(15(22)23)9-10-3-1-2-4-14(10)21/h1-8,13,20-21H,9H2,(H,22,23)/t13-/m0/s1. The van der Waals surface area contributed by atoms with Crippen LogP contribution in [0.4, 0.5) is 13.2 Å². The third-order valence-electron chi connectivity index (χ3n) is 3.38. The van der Waals surface area contributed by atoms with Crippen LogP contribution in [0.1, 0.15) is 5.56 Å². The summed E-state index contributed by atoms with van der Waals surface area (Å²) in [7, 11) is -4.35. The van der Waals surface area contributed by atoms with Crippen molar-refractivity contribution in [1.29, 1.82) is 0 Å². The second-order valence-corrected chi connectivity index (χ2v) is 7.08. The van der Waals surface area contributed by atoms with Gasteiger partial charge in [0.1, 0.15) is 17.5 Å². The van der Waals surface area contributed by atoms with Gasteiger partial charge in [-0.2, -0.15) is 4.72 Å². The molecule has 2 rings (SSSR count). The number of rotatable bonds is 7. The monoisotopic (exact) mass is 405 g/mol. The molecule has 2 aromatic carbocycles. The Morgan fingerprint density at radius 1 is 1.11 bits per heavy atom. The second-order valence-electron chi connectivity index (χ2n) is 5.36. The molecule has 0 aliphatic heterocycles. The normalized spacial score (nSPS) is 13.1. The highest BCUT2D eigenvalue weighted by Gasteiger charge is 2.31. The van der Waals surface area contributed by atoms with E-state index in [-0.39, 0.29) is 17.7 Å². The molecule has 7 nitrogen and oxygen atoms in total. The van der Waals surface area contributed by atoms with Crippen molar-refractivity contribution in [3.8, 4) is 11.5 Å². The summed E-state index contributed by atoms with van der Waals surface area (Å²) in [6, 6.07) is 7.50. The molecule has 0 aromatic heterocycles. The lowest BCUT2D eigenvalue weighted by Crippen LogP contribution is -2.42. The molecule has 0 unspecified atom stereocenters. The summed E-state index contributed by atoms with van der Waals surface area (Å²) in [5.74, 6) is -2.30. The van der Waals surface area contributed by atoms with Gasteiger partial charge in [0.15, 0.2) is 0 Å². The maximum absolute atomic E-state index is 12.3. The maximum Gasteiger partial charge on any atom is 0.573 e. The summed E-state index contributed by atoms with van der Waals surface area (Å²) in [5, 5.41) is 19.0. The summed E-state index contributed by atoms with van der Waals surface area (Å²) >= 11 is 0. The molecule has 0 saturated carbocycles. The number of phenols is 1. The lowest BCUT2D eigenvalue weighted by molar-refractivity contribution is -0.274. The van der Waals surface area contributed by atoms with E-state index in [1.807, 2.05) is 4.72 Å². The molecule has 0 heterocycles. The molecule has 2 aromatic rings. The van der Waals surface area contributed by atoms with Gasteiger partial charge in [-0.25, -0.2) is 8.42 Å². The number of hydrogen-bond donors (Lipinski definition) is 3. The first kappa shape index (κ1) is 20.5. The summed E-state index contributed by atoms with van der Waals surface area (Å²) in [4.78, 5) is 10.9. The third-order valence-corrected chi connectivity index (χ3v) is 4.87. The number of ether oxygens (including phenoxy) is 1. The number of hydrogen-bond acceptors (Lipinski definition) is 5. The molecule has 11 heteroatoms. The van der Waals surface area contributed by atoms with E-state index < -0.39 is 39.0 Å². The lowest BCUT2D eigenvalue weighted by atomic mass is 10.1. The molecule has 0 fully saturated rings. The maximum atomic E-state index is 12.3. The van der Waals surface area contributed by atoms with Gasteiger partial charge in [0.25, 0.3) is 0 Å². The second kappa shape index (κ2) is 7.84. The van der Waals surface area contributed by atoms with E-state index in [2.05, 4.69) is 4.74 Å². The molecular weight excluding hydrogens is 391 g/mol. The van der Waals surface area contributed by atoms with Crippen molar-refractivity contribution in [2.45, 2.75) is 23.7 Å². The van der Waals surface area contributed by atoms with Gasteiger partial charge in [-0.05, 0) is 35.9 Å². The third kappa shape index (κ3) is 5.86. The van der Waals surface area contributed by atoms with Gasteiger partial charge in [-0.3, -0.25) is 4.79 Å². The van der Waals surface area contributed by atoms with Crippen LogP contribution in [0.25, 0.3) is 0 Å². The van der Waals surface area contributed by atoms with Gasteiger partial charge in [-0.15, -0.1) is 13.2 Å². The van der Waals surface area contributed by atoms with E-state index in [1.54, 1.807) is 6.07 Å². The van der Waals surface area contributed by atoms with Gasteiger partial charge in [-0.1, -0.05) is 18.2 Å². The first-order chi connectivity index (χ1) is 12.5. The molecule has 0 aliphatic rings. The largest absolute Gasteiger partial charge is 0.573 e. The summed E-state index contributed by atoms with van der Waals surface area (Å²) in [5.41, 5.74) is 0.210. The average molecular weight is 405 g/mol. The molecule has 0 bridgehead atoms. The number of para-hydroxylation sites is 1. The van der Waals surface area contributed by atoms with Crippen LogP contribution < -0.4 is 9.46 Å². The Hall–Kier alpha value is -2.79. The number of alkyl halides is 3. The number of sulfonamides is 1. The van der Waals surface area contributed by atoms with E-state index in [4.69, 9.17) is 0 Å². The van der Waals surface area contributed by atoms with Crippen LogP contribution in [0.2, 0.25) is 0 Å². The number of aromatic hydroxyl groups is 1. The number of nitrogens with one attached hydrogen (secondary N) is 1.